The second kappa shape index (κ2) is 6.84. The summed E-state index contributed by atoms with van der Waals surface area (Å²) >= 11 is 16.9. The van der Waals surface area contributed by atoms with Gasteiger partial charge in [0.05, 0.1) is 5.69 Å². The molecule has 1 aliphatic heterocycles. The van der Waals surface area contributed by atoms with Gasteiger partial charge >= 0.3 is 0 Å². The van der Waals surface area contributed by atoms with E-state index in [0.29, 0.717) is 15.7 Å². The fraction of sp³-hybridized carbons (Fsp3) is 0. The van der Waals surface area contributed by atoms with Gasteiger partial charge in [-0.1, -0.05) is 23.2 Å². The third-order valence-corrected chi connectivity index (χ3v) is 4.25. The Morgan fingerprint density at radius 3 is 2.36 bits per heavy atom. The third kappa shape index (κ3) is 3.51. The molecule has 0 aromatic heterocycles. The van der Waals surface area contributed by atoms with Crippen LogP contribution in [0.15, 0.2) is 48.0 Å². The smallest absolute Gasteiger partial charge is 0.270 e. The van der Waals surface area contributed by atoms with Crippen molar-refractivity contribution in [3.8, 4) is 5.75 Å². The van der Waals surface area contributed by atoms with Gasteiger partial charge in [-0.3, -0.25) is 19.8 Å². The van der Waals surface area contributed by atoms with E-state index in [9.17, 15) is 14.7 Å². The Kier molecular flexibility index (Phi) is 4.76. The number of amides is 2. The van der Waals surface area contributed by atoms with Crippen molar-refractivity contribution in [3.63, 3.8) is 0 Å². The topological polar surface area (TPSA) is 69.6 Å². The van der Waals surface area contributed by atoms with Crippen molar-refractivity contribution in [2.45, 2.75) is 0 Å². The molecule has 1 fully saturated rings. The molecule has 0 atom stereocenters. The van der Waals surface area contributed by atoms with Crippen LogP contribution in [0.4, 0.5) is 5.69 Å². The van der Waals surface area contributed by atoms with Crippen molar-refractivity contribution >= 4 is 64.1 Å². The summed E-state index contributed by atoms with van der Waals surface area (Å²) in [5, 5.41) is 13.2. The molecule has 2 amide bonds. The number of anilines is 1. The maximum Gasteiger partial charge on any atom is 0.270 e. The van der Waals surface area contributed by atoms with E-state index < -0.39 is 11.8 Å². The summed E-state index contributed by atoms with van der Waals surface area (Å²) in [6.45, 7) is 0. The van der Waals surface area contributed by atoms with Gasteiger partial charge in [-0.15, -0.1) is 0 Å². The SMILES string of the molecule is O=C1NC(=S)N(c2ccc(Cl)cc2)C(=O)/C1=C\c1cc(Cl)ccc1O. The number of hydrogen-bond donors (Lipinski definition) is 2. The average Bonchev–Trinajstić information content (AvgIpc) is 2.56. The van der Waals surface area contributed by atoms with Crippen LogP contribution in [0.25, 0.3) is 6.08 Å². The number of halogens is 2. The molecule has 2 N–H and O–H groups in total. The highest BCUT2D eigenvalue weighted by molar-refractivity contribution is 7.80. The van der Waals surface area contributed by atoms with E-state index in [4.69, 9.17) is 35.4 Å². The molecular weight excluding hydrogens is 383 g/mol. The zero-order valence-electron chi connectivity index (χ0n) is 12.5. The van der Waals surface area contributed by atoms with Crippen molar-refractivity contribution in [1.82, 2.24) is 5.32 Å². The molecule has 3 rings (SSSR count). The maximum atomic E-state index is 12.8. The minimum absolute atomic E-state index is 0.0372. The number of rotatable bonds is 2. The van der Waals surface area contributed by atoms with Crippen LogP contribution in [0, 0.1) is 0 Å². The fourth-order valence-electron chi connectivity index (χ4n) is 2.28. The summed E-state index contributed by atoms with van der Waals surface area (Å²) in [7, 11) is 0. The molecule has 8 heteroatoms. The summed E-state index contributed by atoms with van der Waals surface area (Å²) in [6.07, 6.45) is 1.27. The molecule has 0 spiro atoms. The molecular formula is C17H10Cl2N2O3S. The van der Waals surface area contributed by atoms with Crippen LogP contribution >= 0.6 is 35.4 Å². The first-order chi connectivity index (χ1) is 11.9. The van der Waals surface area contributed by atoms with E-state index in [0.717, 1.165) is 0 Å². The van der Waals surface area contributed by atoms with Crippen molar-refractivity contribution in [2.75, 3.05) is 4.90 Å². The Morgan fingerprint density at radius 2 is 1.68 bits per heavy atom. The number of phenolic OH excluding ortho intramolecular Hbond substituents is 1. The van der Waals surface area contributed by atoms with Gasteiger partial charge in [-0.25, -0.2) is 0 Å². The van der Waals surface area contributed by atoms with E-state index in [2.05, 4.69) is 5.32 Å². The highest BCUT2D eigenvalue weighted by Gasteiger charge is 2.34. The van der Waals surface area contributed by atoms with Gasteiger partial charge in [0.1, 0.15) is 11.3 Å². The summed E-state index contributed by atoms with van der Waals surface area (Å²) in [4.78, 5) is 26.2. The summed E-state index contributed by atoms with van der Waals surface area (Å²) < 4.78 is 0. The minimum Gasteiger partial charge on any atom is -0.507 e. The van der Waals surface area contributed by atoms with E-state index >= 15 is 0 Å². The molecule has 0 radical (unpaired) electrons. The summed E-state index contributed by atoms with van der Waals surface area (Å²) in [6, 6.07) is 10.8. The number of carbonyl (C=O) groups is 2. The number of nitrogens with zero attached hydrogens (tertiary/aromatic N) is 1. The Bertz CT molecular complexity index is 926. The van der Waals surface area contributed by atoms with Crippen LogP contribution in [0.1, 0.15) is 5.56 Å². The standard InChI is InChI=1S/C17H10Cl2N2O3S/c18-10-1-4-12(5-2-10)21-16(24)13(15(23)20-17(21)25)8-9-7-11(19)3-6-14(9)22/h1-8,22H,(H,20,23,25)/b13-8-. The van der Waals surface area contributed by atoms with Gasteiger partial charge < -0.3 is 5.11 Å². The number of nitrogens with one attached hydrogen (secondary N) is 1. The quantitative estimate of drug-likeness (QED) is 0.465. The second-order valence-corrected chi connectivity index (χ2v) is 6.40. The highest BCUT2D eigenvalue weighted by atomic mass is 35.5. The first-order valence-corrected chi connectivity index (χ1v) is 8.19. The molecule has 25 heavy (non-hydrogen) atoms. The lowest BCUT2D eigenvalue weighted by Crippen LogP contribution is -2.54. The molecule has 1 aliphatic rings. The van der Waals surface area contributed by atoms with Crippen molar-refractivity contribution in [2.24, 2.45) is 0 Å². The number of thiocarbonyl (C=S) groups is 1. The predicted octanol–water partition coefficient (Wildman–Crippen LogP) is 3.53. The zero-order valence-corrected chi connectivity index (χ0v) is 14.8. The lowest BCUT2D eigenvalue weighted by atomic mass is 10.1. The van der Waals surface area contributed by atoms with Crippen molar-refractivity contribution in [1.29, 1.82) is 0 Å². The lowest BCUT2D eigenvalue weighted by Gasteiger charge is -2.29. The summed E-state index contributed by atoms with van der Waals surface area (Å²) in [5.74, 6) is -1.38. The highest BCUT2D eigenvalue weighted by Crippen LogP contribution is 2.27. The lowest BCUT2D eigenvalue weighted by molar-refractivity contribution is -0.122. The van der Waals surface area contributed by atoms with Crippen LogP contribution in [0.5, 0.6) is 5.75 Å². The van der Waals surface area contributed by atoms with Crippen LogP contribution in [0.3, 0.4) is 0 Å². The van der Waals surface area contributed by atoms with E-state index in [1.54, 1.807) is 24.3 Å². The Balaban J connectivity index is 2.05. The van der Waals surface area contributed by atoms with Crippen LogP contribution in [-0.2, 0) is 9.59 Å². The van der Waals surface area contributed by atoms with Gasteiger partial charge in [-0.05, 0) is 60.8 Å². The molecule has 1 saturated heterocycles. The van der Waals surface area contributed by atoms with E-state index in [-0.39, 0.29) is 22.0 Å². The second-order valence-electron chi connectivity index (χ2n) is 5.14. The normalized spacial score (nSPS) is 16.3. The predicted molar refractivity (Wildman–Crippen MR) is 101 cm³/mol. The number of carbonyl (C=O) groups excluding carboxylic acids is 2. The molecule has 5 nitrogen and oxygen atoms in total. The average molecular weight is 393 g/mol. The monoisotopic (exact) mass is 392 g/mol. The van der Waals surface area contributed by atoms with Crippen LogP contribution < -0.4 is 10.2 Å². The molecule has 0 aliphatic carbocycles. The third-order valence-electron chi connectivity index (χ3n) is 3.48. The number of phenols is 1. The summed E-state index contributed by atoms with van der Waals surface area (Å²) in [5.41, 5.74) is 0.525. The Labute approximate surface area is 158 Å². The molecule has 0 unspecified atom stereocenters. The molecule has 0 saturated carbocycles. The molecule has 2 aromatic rings. The molecule has 1 heterocycles. The van der Waals surface area contributed by atoms with Gasteiger partial charge in [0, 0.05) is 15.6 Å². The zero-order chi connectivity index (χ0) is 18.1. The first-order valence-electron chi connectivity index (χ1n) is 7.02. The van der Waals surface area contributed by atoms with Gasteiger partial charge in [0.15, 0.2) is 5.11 Å². The van der Waals surface area contributed by atoms with Gasteiger partial charge in [0.25, 0.3) is 11.8 Å². The fourth-order valence-corrected chi connectivity index (χ4v) is 2.87. The van der Waals surface area contributed by atoms with Crippen molar-refractivity contribution < 1.29 is 14.7 Å². The van der Waals surface area contributed by atoms with Gasteiger partial charge in [0.2, 0.25) is 0 Å². The minimum atomic E-state index is -0.653. The Morgan fingerprint density at radius 1 is 1.04 bits per heavy atom. The van der Waals surface area contributed by atoms with Crippen LogP contribution in [-0.4, -0.2) is 22.0 Å². The van der Waals surface area contributed by atoms with Gasteiger partial charge in [-0.2, -0.15) is 0 Å². The molecule has 126 valence electrons. The Hall–Kier alpha value is -2.41. The largest absolute Gasteiger partial charge is 0.507 e. The van der Waals surface area contributed by atoms with Crippen molar-refractivity contribution in [3.05, 3.63) is 63.6 Å². The maximum absolute atomic E-state index is 12.8. The molecule has 2 aromatic carbocycles. The van der Waals surface area contributed by atoms with E-state index in [1.165, 1.54) is 29.2 Å². The van der Waals surface area contributed by atoms with Crippen LogP contribution in [0.2, 0.25) is 10.0 Å². The molecule has 0 bridgehead atoms. The number of benzene rings is 2. The number of hydrogen-bond acceptors (Lipinski definition) is 4. The van der Waals surface area contributed by atoms with E-state index in [1.807, 2.05) is 0 Å². The number of aromatic hydroxyl groups is 1. The first kappa shape index (κ1) is 17.4.